The van der Waals surface area contributed by atoms with E-state index in [0.717, 1.165) is 60.7 Å². The minimum absolute atomic E-state index is 0.502. The van der Waals surface area contributed by atoms with Gasteiger partial charge >= 0.3 is 0 Å². The molecule has 4 aromatic carbocycles. The lowest BCUT2D eigenvalue weighted by Crippen LogP contribution is -2.05. The molecule has 3 heterocycles. The highest BCUT2D eigenvalue weighted by molar-refractivity contribution is 6.16. The molecule has 0 spiro atoms. The van der Waals surface area contributed by atoms with Crippen molar-refractivity contribution in [2.24, 2.45) is 0 Å². The Labute approximate surface area is 232 Å². The van der Waals surface area contributed by atoms with E-state index in [-0.39, 0.29) is 0 Å². The van der Waals surface area contributed by atoms with Crippen LogP contribution in [0.1, 0.15) is 49.1 Å². The van der Waals surface area contributed by atoms with Gasteiger partial charge in [0.2, 0.25) is 0 Å². The Kier molecular flexibility index (Phi) is 5.24. The largest absolute Gasteiger partial charge is 0.453 e. The Morgan fingerprint density at radius 3 is 2.15 bits per heavy atom. The molecule has 4 heteroatoms. The number of aromatic nitrogens is 2. The molecule has 0 atom stereocenters. The number of hydrogen-bond acceptors (Lipinski definition) is 3. The molecule has 1 aliphatic carbocycles. The van der Waals surface area contributed by atoms with Gasteiger partial charge in [0.05, 0.1) is 22.3 Å². The van der Waals surface area contributed by atoms with E-state index in [1.165, 1.54) is 37.7 Å². The van der Waals surface area contributed by atoms with E-state index in [4.69, 9.17) is 4.42 Å². The van der Waals surface area contributed by atoms with Gasteiger partial charge in [-0.3, -0.25) is 4.98 Å². The molecule has 1 saturated carbocycles. The van der Waals surface area contributed by atoms with Gasteiger partial charge in [0.1, 0.15) is 17.3 Å². The number of nitriles is 1. The summed E-state index contributed by atoms with van der Waals surface area (Å²) in [4.78, 5) is 4.68. The fourth-order valence-corrected chi connectivity index (χ4v) is 6.91. The molecule has 40 heavy (non-hydrogen) atoms. The van der Waals surface area contributed by atoms with Crippen LogP contribution in [0.25, 0.3) is 60.7 Å². The van der Waals surface area contributed by atoms with Crippen LogP contribution in [-0.4, -0.2) is 9.55 Å². The van der Waals surface area contributed by atoms with Crippen molar-refractivity contribution in [3.8, 4) is 23.0 Å². The number of furan rings is 1. The van der Waals surface area contributed by atoms with E-state index in [2.05, 4.69) is 82.4 Å². The zero-order valence-corrected chi connectivity index (χ0v) is 22.1. The van der Waals surface area contributed by atoms with Gasteiger partial charge in [0, 0.05) is 33.3 Å². The lowest BCUT2D eigenvalue weighted by Gasteiger charge is -2.23. The van der Waals surface area contributed by atoms with Gasteiger partial charge in [-0.15, -0.1) is 0 Å². The van der Waals surface area contributed by atoms with Gasteiger partial charge in [-0.1, -0.05) is 67.8 Å². The second kappa shape index (κ2) is 9.10. The van der Waals surface area contributed by atoms with Crippen LogP contribution in [0.2, 0.25) is 0 Å². The number of nitrogens with zero attached hydrogens (tertiary/aromatic N) is 3. The number of fused-ring (bicyclic) bond motifs is 6. The van der Waals surface area contributed by atoms with E-state index in [1.807, 2.05) is 30.5 Å². The van der Waals surface area contributed by atoms with Crippen LogP contribution in [0.15, 0.2) is 102 Å². The van der Waals surface area contributed by atoms with Crippen molar-refractivity contribution in [3.63, 3.8) is 0 Å². The SMILES string of the molecule is N#Cc1ccc2c(oc3c(-c4ccccn4)ccc(C4CCCCC4)c32)c1-n1c2ccccc2c2ccccc21. The third kappa shape index (κ3) is 3.34. The van der Waals surface area contributed by atoms with E-state index in [1.54, 1.807) is 0 Å². The minimum atomic E-state index is 0.502. The molecule has 0 N–H and O–H groups in total. The Morgan fingerprint density at radius 1 is 0.725 bits per heavy atom. The van der Waals surface area contributed by atoms with Gasteiger partial charge in [-0.25, -0.2) is 0 Å². The first-order chi connectivity index (χ1) is 19.8. The van der Waals surface area contributed by atoms with Crippen molar-refractivity contribution in [3.05, 3.63) is 108 Å². The molecule has 0 radical (unpaired) electrons. The maximum atomic E-state index is 10.4. The lowest BCUT2D eigenvalue weighted by atomic mass is 9.81. The standard InChI is InChI=1S/C36H27N3O/c37-22-24-17-18-29-33-25(23-10-2-1-3-11-23)19-20-28(30-14-8-9-21-38-30)35(33)40-36(29)34(24)39-31-15-6-4-12-26(31)27-13-5-7-16-32(27)39/h4-9,12-21,23H,1-3,10-11H2. The fraction of sp³-hybridized carbons (Fsp3) is 0.167. The summed E-state index contributed by atoms with van der Waals surface area (Å²) >= 11 is 0. The van der Waals surface area contributed by atoms with Crippen LogP contribution in [0.5, 0.6) is 0 Å². The van der Waals surface area contributed by atoms with Crippen molar-refractivity contribution >= 4 is 43.7 Å². The maximum absolute atomic E-state index is 10.4. The zero-order valence-electron chi connectivity index (χ0n) is 22.1. The van der Waals surface area contributed by atoms with Crippen LogP contribution in [0.4, 0.5) is 0 Å². The molecule has 4 nitrogen and oxygen atoms in total. The van der Waals surface area contributed by atoms with E-state index in [0.29, 0.717) is 11.5 Å². The summed E-state index contributed by atoms with van der Waals surface area (Å²) in [5.74, 6) is 0.502. The summed E-state index contributed by atoms with van der Waals surface area (Å²) in [7, 11) is 0. The highest BCUT2D eigenvalue weighted by Gasteiger charge is 2.26. The van der Waals surface area contributed by atoms with E-state index >= 15 is 0 Å². The normalized spacial score (nSPS) is 14.4. The molecule has 7 aromatic rings. The van der Waals surface area contributed by atoms with Crippen LogP contribution >= 0.6 is 0 Å². The molecule has 0 bridgehead atoms. The Balaban J connectivity index is 1.53. The summed E-state index contributed by atoms with van der Waals surface area (Å²) in [6.07, 6.45) is 8.04. The Bertz CT molecular complexity index is 2050. The minimum Gasteiger partial charge on any atom is -0.453 e. The second-order valence-corrected chi connectivity index (χ2v) is 10.9. The third-order valence-corrected chi connectivity index (χ3v) is 8.70. The molecule has 8 rings (SSSR count). The molecular formula is C36H27N3O. The van der Waals surface area contributed by atoms with Crippen LogP contribution < -0.4 is 0 Å². The van der Waals surface area contributed by atoms with Crippen LogP contribution in [0, 0.1) is 11.3 Å². The Morgan fingerprint density at radius 2 is 1.45 bits per heavy atom. The van der Waals surface area contributed by atoms with E-state index < -0.39 is 0 Å². The quantitative estimate of drug-likeness (QED) is 0.234. The number of pyridine rings is 1. The molecule has 3 aromatic heterocycles. The first-order valence-electron chi connectivity index (χ1n) is 14.2. The fourth-order valence-electron chi connectivity index (χ4n) is 6.91. The van der Waals surface area contributed by atoms with Crippen molar-refractivity contribution in [1.29, 1.82) is 5.26 Å². The first-order valence-corrected chi connectivity index (χ1v) is 14.2. The monoisotopic (exact) mass is 517 g/mol. The van der Waals surface area contributed by atoms with Crippen LogP contribution in [0.3, 0.4) is 0 Å². The molecule has 0 amide bonds. The van der Waals surface area contributed by atoms with Crippen molar-refractivity contribution in [2.45, 2.75) is 38.0 Å². The van der Waals surface area contributed by atoms with E-state index in [9.17, 15) is 5.26 Å². The number of rotatable bonds is 3. The molecule has 192 valence electrons. The highest BCUT2D eigenvalue weighted by Crippen LogP contribution is 2.46. The third-order valence-electron chi connectivity index (χ3n) is 8.70. The maximum Gasteiger partial charge on any atom is 0.160 e. The number of hydrogen-bond donors (Lipinski definition) is 0. The average molecular weight is 518 g/mol. The molecule has 1 fully saturated rings. The first kappa shape index (κ1) is 23.0. The van der Waals surface area contributed by atoms with Crippen molar-refractivity contribution in [2.75, 3.05) is 0 Å². The second-order valence-electron chi connectivity index (χ2n) is 10.9. The Hall–Kier alpha value is -4.88. The molecule has 0 saturated heterocycles. The predicted octanol–water partition coefficient (Wildman–Crippen LogP) is 9.66. The molecule has 0 aliphatic heterocycles. The number of benzene rings is 4. The molecule has 0 unspecified atom stereocenters. The van der Waals surface area contributed by atoms with Gasteiger partial charge < -0.3 is 8.98 Å². The zero-order chi connectivity index (χ0) is 26.6. The summed E-state index contributed by atoms with van der Waals surface area (Å²) < 4.78 is 9.17. The summed E-state index contributed by atoms with van der Waals surface area (Å²) in [5.41, 5.74) is 8.35. The van der Waals surface area contributed by atoms with Crippen molar-refractivity contribution < 1.29 is 4.42 Å². The summed E-state index contributed by atoms with van der Waals surface area (Å²) in [5, 5.41) is 14.9. The van der Waals surface area contributed by atoms with Gasteiger partial charge in [0.25, 0.3) is 0 Å². The van der Waals surface area contributed by atoms with Gasteiger partial charge in [-0.05, 0) is 66.8 Å². The topological polar surface area (TPSA) is 54.8 Å². The summed E-state index contributed by atoms with van der Waals surface area (Å²) in [6.45, 7) is 0. The predicted molar refractivity (Wildman–Crippen MR) is 162 cm³/mol. The molecule has 1 aliphatic rings. The number of para-hydroxylation sites is 2. The molecular weight excluding hydrogens is 490 g/mol. The highest BCUT2D eigenvalue weighted by atomic mass is 16.3. The average Bonchev–Trinajstić information content (AvgIpc) is 3.57. The lowest BCUT2D eigenvalue weighted by molar-refractivity contribution is 0.445. The van der Waals surface area contributed by atoms with Gasteiger partial charge in [-0.2, -0.15) is 5.26 Å². The smallest absolute Gasteiger partial charge is 0.160 e. The van der Waals surface area contributed by atoms with Crippen molar-refractivity contribution in [1.82, 2.24) is 9.55 Å². The van der Waals surface area contributed by atoms with Gasteiger partial charge in [0.15, 0.2) is 5.58 Å². The summed E-state index contributed by atoms with van der Waals surface area (Å²) in [6, 6.07) is 33.8. The van der Waals surface area contributed by atoms with Crippen LogP contribution in [-0.2, 0) is 0 Å².